The standard InChI is InChI=1S/C28H8BF20/c30-9-5(10(31)18(39)25(46)17(9)38)1-29(2-6-11(32)19(40)26(47)20(41)12(6)33,3-7-13(34)21(42)27(48)22(43)14(7)35)4-8-15(36)23(44)28(49)24(45)16(8)37/h1-4H2/q-1. The van der Waals surface area contributed by atoms with E-state index < -0.39 is 170 Å². The molecule has 4 aromatic carbocycles. The zero-order valence-corrected chi connectivity index (χ0v) is 23.0. The van der Waals surface area contributed by atoms with Gasteiger partial charge in [0.15, 0.2) is 93.1 Å². The minimum absolute atomic E-state index is 2.24. The maximum atomic E-state index is 14.9. The van der Waals surface area contributed by atoms with Crippen LogP contribution >= 0.6 is 0 Å². The molecule has 0 amide bonds. The molecule has 4 rings (SSSR count). The number of hydrogen-bond acceptors (Lipinski definition) is 0. The first-order chi connectivity index (χ1) is 22.6. The average molecular weight is 735 g/mol. The maximum absolute atomic E-state index is 14.9. The molecule has 0 aromatic heterocycles. The van der Waals surface area contributed by atoms with Crippen LogP contribution in [-0.2, 0) is 25.3 Å². The van der Waals surface area contributed by atoms with E-state index in [9.17, 15) is 87.8 Å². The van der Waals surface area contributed by atoms with Crippen molar-refractivity contribution in [1.82, 2.24) is 0 Å². The van der Waals surface area contributed by atoms with Gasteiger partial charge in [-0.05, 0) is 22.3 Å². The highest BCUT2D eigenvalue weighted by Crippen LogP contribution is 2.37. The Morgan fingerprint density at radius 1 is 0.184 bits per heavy atom. The topological polar surface area (TPSA) is 0 Å². The molecule has 0 heterocycles. The van der Waals surface area contributed by atoms with Gasteiger partial charge in [-0.3, -0.25) is 0 Å². The molecule has 0 spiro atoms. The molecule has 49 heavy (non-hydrogen) atoms. The van der Waals surface area contributed by atoms with Crippen LogP contribution in [0, 0.1) is 116 Å². The smallest absolute Gasteiger partial charge is 0.200 e. The fraction of sp³-hybridized carbons (Fsp3) is 0.143. The van der Waals surface area contributed by atoms with E-state index >= 15 is 0 Å². The van der Waals surface area contributed by atoms with Gasteiger partial charge in [0.1, 0.15) is 0 Å². The summed E-state index contributed by atoms with van der Waals surface area (Å²) >= 11 is 0. The van der Waals surface area contributed by atoms with E-state index in [-0.39, 0.29) is 0 Å². The maximum Gasteiger partial charge on any atom is 0.200 e. The van der Waals surface area contributed by atoms with Gasteiger partial charge in [-0.2, -0.15) is 0 Å². The van der Waals surface area contributed by atoms with Gasteiger partial charge >= 0.3 is 0 Å². The fourth-order valence-corrected chi connectivity index (χ4v) is 5.48. The number of hydrogen-bond donors (Lipinski definition) is 0. The van der Waals surface area contributed by atoms with Crippen molar-refractivity contribution in [1.29, 1.82) is 0 Å². The fourth-order valence-electron chi connectivity index (χ4n) is 5.48. The molecular formula is C28H8BF20-. The quantitative estimate of drug-likeness (QED) is 0.0733. The van der Waals surface area contributed by atoms with Crippen LogP contribution in [0.2, 0.25) is 0 Å². The van der Waals surface area contributed by atoms with Gasteiger partial charge in [-0.25, -0.2) is 87.8 Å². The Morgan fingerprint density at radius 2 is 0.286 bits per heavy atom. The van der Waals surface area contributed by atoms with Crippen LogP contribution in [0.3, 0.4) is 0 Å². The Bertz CT molecular complexity index is 1630. The molecule has 0 fully saturated rings. The summed E-state index contributed by atoms with van der Waals surface area (Å²) in [5.74, 6) is -57.8. The van der Waals surface area contributed by atoms with E-state index in [0.29, 0.717) is 0 Å². The molecule has 0 aliphatic heterocycles. The second-order valence-corrected chi connectivity index (χ2v) is 10.7. The third-order valence-corrected chi connectivity index (χ3v) is 7.75. The van der Waals surface area contributed by atoms with Crippen LogP contribution in [-0.4, -0.2) is 6.15 Å². The zero-order valence-electron chi connectivity index (χ0n) is 23.0. The number of benzene rings is 4. The third kappa shape index (κ3) is 6.04. The summed E-state index contributed by atoms with van der Waals surface area (Å²) < 4.78 is 288. The second-order valence-electron chi connectivity index (χ2n) is 10.7. The van der Waals surface area contributed by atoms with E-state index in [4.69, 9.17) is 0 Å². The molecule has 0 saturated heterocycles. The van der Waals surface area contributed by atoms with Crippen molar-refractivity contribution in [3.63, 3.8) is 0 Å². The molecule has 0 unspecified atom stereocenters. The van der Waals surface area contributed by atoms with E-state index in [2.05, 4.69) is 0 Å². The summed E-state index contributed by atoms with van der Waals surface area (Å²) in [5.41, 5.74) is -8.97. The zero-order chi connectivity index (χ0) is 37.2. The molecule has 0 saturated carbocycles. The number of rotatable bonds is 8. The van der Waals surface area contributed by atoms with Gasteiger partial charge in [-0.15, -0.1) is 25.3 Å². The minimum atomic E-state index is -4.78. The van der Waals surface area contributed by atoms with Gasteiger partial charge in [0, 0.05) is 6.15 Å². The lowest BCUT2D eigenvalue weighted by atomic mass is 9.16. The van der Waals surface area contributed by atoms with Crippen molar-refractivity contribution in [2.24, 2.45) is 0 Å². The van der Waals surface area contributed by atoms with E-state index in [1.54, 1.807) is 0 Å². The molecule has 0 atom stereocenters. The van der Waals surface area contributed by atoms with Crippen molar-refractivity contribution in [2.45, 2.75) is 25.3 Å². The van der Waals surface area contributed by atoms with E-state index in [1.165, 1.54) is 0 Å². The van der Waals surface area contributed by atoms with Gasteiger partial charge in [0.05, 0.1) is 0 Å². The summed E-state index contributed by atoms with van der Waals surface area (Å²) in [6, 6.07) is 0. The molecule has 0 aliphatic carbocycles. The molecule has 21 heteroatoms. The first-order valence-corrected chi connectivity index (χ1v) is 12.8. The van der Waals surface area contributed by atoms with Gasteiger partial charge in [0.25, 0.3) is 0 Å². The molecule has 0 radical (unpaired) electrons. The van der Waals surface area contributed by atoms with Crippen molar-refractivity contribution in [3.8, 4) is 0 Å². The molecule has 0 bridgehead atoms. The molecule has 0 aliphatic rings. The molecule has 0 nitrogen and oxygen atoms in total. The van der Waals surface area contributed by atoms with Crippen LogP contribution < -0.4 is 0 Å². The Labute approximate surface area is 258 Å². The van der Waals surface area contributed by atoms with Crippen LogP contribution in [0.1, 0.15) is 22.3 Å². The van der Waals surface area contributed by atoms with Crippen LogP contribution in [0.25, 0.3) is 0 Å². The summed E-state index contributed by atoms with van der Waals surface area (Å²) in [5, 5.41) is 0. The largest absolute Gasteiger partial charge is 0.203 e. The highest BCUT2D eigenvalue weighted by Gasteiger charge is 2.40. The summed E-state index contributed by atoms with van der Waals surface area (Å²) in [6.45, 7) is 0. The summed E-state index contributed by atoms with van der Waals surface area (Å²) in [4.78, 5) is 0. The van der Waals surface area contributed by atoms with Crippen LogP contribution in [0.4, 0.5) is 87.8 Å². The minimum Gasteiger partial charge on any atom is -0.203 e. The first-order valence-electron chi connectivity index (χ1n) is 12.8. The van der Waals surface area contributed by atoms with Crippen molar-refractivity contribution in [2.75, 3.05) is 0 Å². The third-order valence-electron chi connectivity index (χ3n) is 7.75. The summed E-state index contributed by atoms with van der Waals surface area (Å²) in [7, 11) is 0. The average Bonchev–Trinajstić information content (AvgIpc) is 3.08. The predicted molar refractivity (Wildman–Crippen MR) is 125 cm³/mol. The van der Waals surface area contributed by atoms with Crippen molar-refractivity contribution in [3.05, 3.63) is 139 Å². The Kier molecular flexibility index (Phi) is 10.00. The number of halogens is 20. The molecule has 0 N–H and O–H groups in total. The van der Waals surface area contributed by atoms with Crippen molar-refractivity contribution < 1.29 is 87.8 Å². The predicted octanol–water partition coefficient (Wildman–Crippen LogP) is 9.34. The lowest BCUT2D eigenvalue weighted by molar-refractivity contribution is 0.368. The van der Waals surface area contributed by atoms with Gasteiger partial charge in [-0.1, -0.05) is 0 Å². The summed E-state index contributed by atoms with van der Waals surface area (Å²) in [6.07, 6.45) is -13.9. The first kappa shape index (κ1) is 37.4. The Hall–Kier alpha value is -4.46. The highest BCUT2D eigenvalue weighted by molar-refractivity contribution is 6.77. The SMILES string of the molecule is Fc1c(F)c(F)c(C[B-](Cc2c(F)c(F)c(F)c(F)c2F)(Cc2c(F)c(F)c(F)c(F)c2F)Cc2c(F)c(F)c(F)c(F)c2F)c(F)c1F. The normalized spacial score (nSPS) is 12.0. The second kappa shape index (κ2) is 13.1. The lowest BCUT2D eigenvalue weighted by Crippen LogP contribution is -2.49. The van der Waals surface area contributed by atoms with Gasteiger partial charge < -0.3 is 0 Å². The molecule has 4 aromatic rings. The van der Waals surface area contributed by atoms with E-state index in [0.717, 1.165) is 0 Å². The van der Waals surface area contributed by atoms with Crippen LogP contribution in [0.5, 0.6) is 0 Å². The Morgan fingerprint density at radius 3 is 0.408 bits per heavy atom. The molecule has 264 valence electrons. The molecular weight excluding hydrogens is 727 g/mol. The Balaban J connectivity index is 2.21. The van der Waals surface area contributed by atoms with E-state index in [1.807, 2.05) is 0 Å². The highest BCUT2D eigenvalue weighted by atomic mass is 19.2. The van der Waals surface area contributed by atoms with Crippen LogP contribution in [0.15, 0.2) is 0 Å². The van der Waals surface area contributed by atoms with Gasteiger partial charge in [0.2, 0.25) is 23.3 Å². The van der Waals surface area contributed by atoms with Crippen molar-refractivity contribution >= 4 is 6.15 Å². The monoisotopic (exact) mass is 735 g/mol. The lowest BCUT2D eigenvalue weighted by Gasteiger charge is -2.41.